The van der Waals surface area contributed by atoms with Crippen LogP contribution in [-0.2, 0) is 0 Å². The molecule has 1 aliphatic rings. The van der Waals surface area contributed by atoms with E-state index in [1.165, 1.54) is 0 Å². The Balaban J connectivity index is 1.74. The molecule has 2 rings (SSSR count). The number of aromatic nitrogens is 1. The summed E-state index contributed by atoms with van der Waals surface area (Å²) in [6.45, 7) is 6.61. The summed E-state index contributed by atoms with van der Waals surface area (Å²) in [4.78, 5) is 18.0. The SMILES string of the molecule is CCC(C)CNC(=O)N1CC(c2ccccn2)C1. The van der Waals surface area contributed by atoms with Gasteiger partial charge in [0, 0.05) is 37.4 Å². The van der Waals surface area contributed by atoms with Crippen molar-refractivity contribution in [2.75, 3.05) is 19.6 Å². The third kappa shape index (κ3) is 3.00. The normalized spacial score (nSPS) is 17.1. The van der Waals surface area contributed by atoms with Crippen LogP contribution in [0.15, 0.2) is 24.4 Å². The van der Waals surface area contributed by atoms with E-state index in [1.807, 2.05) is 23.1 Å². The minimum absolute atomic E-state index is 0.0579. The second-order valence-corrected chi connectivity index (χ2v) is 5.06. The van der Waals surface area contributed by atoms with Crippen LogP contribution in [0.25, 0.3) is 0 Å². The topological polar surface area (TPSA) is 45.2 Å². The lowest BCUT2D eigenvalue weighted by molar-refractivity contribution is 0.149. The predicted molar refractivity (Wildman–Crippen MR) is 71.4 cm³/mol. The summed E-state index contributed by atoms with van der Waals surface area (Å²) in [5, 5.41) is 2.97. The molecular formula is C14H21N3O. The second-order valence-electron chi connectivity index (χ2n) is 5.06. The minimum atomic E-state index is 0.0579. The molecule has 1 aromatic heterocycles. The van der Waals surface area contributed by atoms with E-state index in [0.29, 0.717) is 11.8 Å². The smallest absolute Gasteiger partial charge is 0.317 e. The van der Waals surface area contributed by atoms with Crippen LogP contribution in [0.4, 0.5) is 4.79 Å². The molecule has 1 aliphatic heterocycles. The Kier molecular flexibility index (Phi) is 4.18. The summed E-state index contributed by atoms with van der Waals surface area (Å²) >= 11 is 0. The monoisotopic (exact) mass is 247 g/mol. The highest BCUT2D eigenvalue weighted by Crippen LogP contribution is 2.24. The zero-order valence-corrected chi connectivity index (χ0v) is 11.1. The Hall–Kier alpha value is -1.58. The van der Waals surface area contributed by atoms with E-state index in [1.54, 1.807) is 6.20 Å². The molecule has 4 nitrogen and oxygen atoms in total. The van der Waals surface area contributed by atoms with Gasteiger partial charge < -0.3 is 10.2 Å². The average Bonchev–Trinajstić information content (AvgIpc) is 2.35. The van der Waals surface area contributed by atoms with Gasteiger partial charge >= 0.3 is 6.03 Å². The van der Waals surface area contributed by atoms with Crippen molar-refractivity contribution >= 4 is 6.03 Å². The number of pyridine rings is 1. The van der Waals surface area contributed by atoms with Gasteiger partial charge in [-0.15, -0.1) is 0 Å². The average molecular weight is 247 g/mol. The highest BCUT2D eigenvalue weighted by molar-refractivity contribution is 5.75. The number of hydrogen-bond acceptors (Lipinski definition) is 2. The first-order chi connectivity index (χ1) is 8.70. The third-order valence-electron chi connectivity index (χ3n) is 3.57. The van der Waals surface area contributed by atoms with Crippen molar-refractivity contribution in [2.45, 2.75) is 26.2 Å². The van der Waals surface area contributed by atoms with Gasteiger partial charge in [0.2, 0.25) is 0 Å². The maximum absolute atomic E-state index is 11.8. The van der Waals surface area contributed by atoms with Gasteiger partial charge in [0.25, 0.3) is 0 Å². The number of urea groups is 1. The molecule has 18 heavy (non-hydrogen) atoms. The highest BCUT2D eigenvalue weighted by Gasteiger charge is 2.32. The maximum atomic E-state index is 11.8. The zero-order valence-electron chi connectivity index (χ0n) is 11.1. The van der Waals surface area contributed by atoms with Gasteiger partial charge in [0.05, 0.1) is 0 Å². The minimum Gasteiger partial charge on any atom is -0.338 e. The van der Waals surface area contributed by atoms with Crippen LogP contribution in [0, 0.1) is 5.92 Å². The molecule has 0 saturated carbocycles. The third-order valence-corrected chi connectivity index (χ3v) is 3.57. The van der Waals surface area contributed by atoms with Gasteiger partial charge in [0.15, 0.2) is 0 Å². The molecule has 1 unspecified atom stereocenters. The summed E-state index contributed by atoms with van der Waals surface area (Å²) < 4.78 is 0. The fourth-order valence-electron chi connectivity index (χ4n) is 1.97. The van der Waals surface area contributed by atoms with Gasteiger partial charge in [-0.05, 0) is 18.1 Å². The van der Waals surface area contributed by atoms with Crippen LogP contribution in [-0.4, -0.2) is 35.5 Å². The summed E-state index contributed by atoms with van der Waals surface area (Å²) in [6, 6.07) is 5.99. The molecule has 1 atom stereocenters. The van der Waals surface area contributed by atoms with E-state index >= 15 is 0 Å². The van der Waals surface area contributed by atoms with E-state index in [-0.39, 0.29) is 6.03 Å². The number of rotatable bonds is 4. The molecule has 0 aromatic carbocycles. The number of nitrogens with one attached hydrogen (secondary N) is 1. The zero-order chi connectivity index (χ0) is 13.0. The fraction of sp³-hybridized carbons (Fsp3) is 0.571. The van der Waals surface area contributed by atoms with Crippen molar-refractivity contribution in [2.24, 2.45) is 5.92 Å². The summed E-state index contributed by atoms with van der Waals surface area (Å²) in [5.41, 5.74) is 1.09. The summed E-state index contributed by atoms with van der Waals surface area (Å²) in [6.07, 6.45) is 2.90. The van der Waals surface area contributed by atoms with E-state index in [4.69, 9.17) is 0 Å². The van der Waals surface area contributed by atoms with Crippen LogP contribution >= 0.6 is 0 Å². The molecule has 98 valence electrons. The van der Waals surface area contributed by atoms with Crippen LogP contribution in [0.3, 0.4) is 0 Å². The van der Waals surface area contributed by atoms with Crippen molar-refractivity contribution in [3.8, 4) is 0 Å². The molecule has 2 amide bonds. The van der Waals surface area contributed by atoms with Gasteiger partial charge in [0.1, 0.15) is 0 Å². The molecule has 1 N–H and O–H groups in total. The molecule has 0 aliphatic carbocycles. The first-order valence-electron chi connectivity index (χ1n) is 6.64. The number of amides is 2. The Labute approximate surface area is 108 Å². The lowest BCUT2D eigenvalue weighted by Crippen LogP contribution is -2.53. The molecule has 1 aromatic rings. The molecule has 0 radical (unpaired) electrons. The second kappa shape index (κ2) is 5.85. The van der Waals surface area contributed by atoms with Crippen molar-refractivity contribution in [1.82, 2.24) is 15.2 Å². The maximum Gasteiger partial charge on any atom is 0.317 e. The van der Waals surface area contributed by atoms with Gasteiger partial charge in [-0.2, -0.15) is 0 Å². The summed E-state index contributed by atoms with van der Waals surface area (Å²) in [5.74, 6) is 0.947. The van der Waals surface area contributed by atoms with E-state index < -0.39 is 0 Å². The molecular weight excluding hydrogens is 226 g/mol. The van der Waals surface area contributed by atoms with Gasteiger partial charge in [-0.3, -0.25) is 4.98 Å². The Morgan fingerprint density at radius 1 is 1.56 bits per heavy atom. The highest BCUT2D eigenvalue weighted by atomic mass is 16.2. The molecule has 4 heteroatoms. The van der Waals surface area contributed by atoms with Crippen LogP contribution < -0.4 is 5.32 Å². The molecule has 0 spiro atoms. The molecule has 1 fully saturated rings. The van der Waals surface area contributed by atoms with E-state index in [0.717, 1.165) is 31.7 Å². The van der Waals surface area contributed by atoms with Crippen molar-refractivity contribution in [3.05, 3.63) is 30.1 Å². The lowest BCUT2D eigenvalue weighted by atomic mass is 9.96. The van der Waals surface area contributed by atoms with Crippen LogP contribution in [0.1, 0.15) is 31.9 Å². The number of carbonyl (C=O) groups is 1. The lowest BCUT2D eigenvalue weighted by Gasteiger charge is -2.38. The van der Waals surface area contributed by atoms with Crippen molar-refractivity contribution < 1.29 is 4.79 Å². The van der Waals surface area contributed by atoms with Gasteiger partial charge in [-0.25, -0.2) is 4.79 Å². The Morgan fingerprint density at radius 2 is 2.33 bits per heavy atom. The van der Waals surface area contributed by atoms with Crippen molar-refractivity contribution in [1.29, 1.82) is 0 Å². The van der Waals surface area contributed by atoms with E-state index in [9.17, 15) is 4.79 Å². The number of carbonyl (C=O) groups excluding carboxylic acids is 1. The quantitative estimate of drug-likeness (QED) is 0.887. The van der Waals surface area contributed by atoms with Crippen LogP contribution in [0.2, 0.25) is 0 Å². The fourth-order valence-corrected chi connectivity index (χ4v) is 1.97. The Morgan fingerprint density at radius 3 is 2.94 bits per heavy atom. The summed E-state index contributed by atoms with van der Waals surface area (Å²) in [7, 11) is 0. The first-order valence-corrected chi connectivity index (χ1v) is 6.64. The standard InChI is InChI=1S/C14H21N3O/c1-3-11(2)8-16-14(18)17-9-12(10-17)13-6-4-5-7-15-13/h4-7,11-12H,3,8-10H2,1-2H3,(H,16,18). The van der Waals surface area contributed by atoms with Crippen LogP contribution in [0.5, 0.6) is 0 Å². The number of nitrogens with zero attached hydrogens (tertiary/aromatic N) is 2. The molecule has 1 saturated heterocycles. The molecule has 0 bridgehead atoms. The molecule has 2 heterocycles. The van der Waals surface area contributed by atoms with Crippen molar-refractivity contribution in [3.63, 3.8) is 0 Å². The Bertz CT molecular complexity index is 387. The van der Waals surface area contributed by atoms with E-state index in [2.05, 4.69) is 24.1 Å². The number of likely N-dealkylation sites (tertiary alicyclic amines) is 1. The predicted octanol–water partition coefficient (Wildman–Crippen LogP) is 2.24. The largest absolute Gasteiger partial charge is 0.338 e. The van der Waals surface area contributed by atoms with Gasteiger partial charge in [-0.1, -0.05) is 26.3 Å². The first kappa shape index (κ1) is 12.9. The number of hydrogen-bond donors (Lipinski definition) is 1.